The molecule has 1 aromatic rings. The number of ether oxygens (including phenoxy) is 1. The van der Waals surface area contributed by atoms with E-state index in [1.54, 1.807) is 12.1 Å². The van der Waals surface area contributed by atoms with Crippen molar-refractivity contribution in [2.75, 3.05) is 12.4 Å². The standard InChI is InChI=1S/C13H20N2O3/c1-4-8(2)12(14)13(17)15-9-5-6-11(18-3)10(16)7-9/h5-8,12,16H,4,14H2,1-3H3,(H,15,17)/t8?,12-/m0/s1. The number of phenolic OH excluding ortho intramolecular Hbond substituents is 1. The third kappa shape index (κ3) is 3.37. The Balaban J connectivity index is 2.73. The number of carbonyl (C=O) groups excluding carboxylic acids is 1. The van der Waals surface area contributed by atoms with Gasteiger partial charge in [0, 0.05) is 11.8 Å². The fraction of sp³-hybridized carbons (Fsp3) is 0.462. The third-order valence-corrected chi connectivity index (χ3v) is 3.01. The minimum Gasteiger partial charge on any atom is -0.504 e. The van der Waals surface area contributed by atoms with Crippen LogP contribution in [-0.4, -0.2) is 24.2 Å². The van der Waals surface area contributed by atoms with Crippen molar-refractivity contribution in [3.8, 4) is 11.5 Å². The van der Waals surface area contributed by atoms with Crippen molar-refractivity contribution in [3.63, 3.8) is 0 Å². The van der Waals surface area contributed by atoms with Gasteiger partial charge in [-0.3, -0.25) is 4.79 Å². The van der Waals surface area contributed by atoms with Crippen LogP contribution in [-0.2, 0) is 4.79 Å². The van der Waals surface area contributed by atoms with Crippen molar-refractivity contribution >= 4 is 11.6 Å². The van der Waals surface area contributed by atoms with Crippen LogP contribution in [0.3, 0.4) is 0 Å². The largest absolute Gasteiger partial charge is 0.504 e. The lowest BCUT2D eigenvalue weighted by molar-refractivity contribution is -0.118. The maximum Gasteiger partial charge on any atom is 0.241 e. The number of hydrogen-bond donors (Lipinski definition) is 3. The first-order valence-electron chi connectivity index (χ1n) is 5.93. The molecular formula is C13H20N2O3. The van der Waals surface area contributed by atoms with Gasteiger partial charge in [0.25, 0.3) is 0 Å². The molecule has 1 rings (SSSR count). The number of rotatable bonds is 5. The van der Waals surface area contributed by atoms with E-state index in [1.165, 1.54) is 13.2 Å². The number of methoxy groups -OCH3 is 1. The quantitative estimate of drug-likeness (QED) is 0.744. The first-order valence-corrected chi connectivity index (χ1v) is 5.93. The van der Waals surface area contributed by atoms with Gasteiger partial charge < -0.3 is 20.9 Å². The number of hydrogen-bond acceptors (Lipinski definition) is 4. The van der Waals surface area contributed by atoms with Crippen LogP contribution in [0.5, 0.6) is 11.5 Å². The minimum absolute atomic E-state index is 0.0209. The Morgan fingerprint density at radius 1 is 1.56 bits per heavy atom. The maximum atomic E-state index is 11.8. The summed E-state index contributed by atoms with van der Waals surface area (Å²) in [4.78, 5) is 11.8. The summed E-state index contributed by atoms with van der Waals surface area (Å²) < 4.78 is 4.92. The molecule has 4 N–H and O–H groups in total. The molecule has 1 amide bonds. The number of carbonyl (C=O) groups is 1. The van der Waals surface area contributed by atoms with Crippen LogP contribution in [0.25, 0.3) is 0 Å². The topological polar surface area (TPSA) is 84.6 Å². The van der Waals surface area contributed by atoms with E-state index in [0.717, 1.165) is 6.42 Å². The van der Waals surface area contributed by atoms with Gasteiger partial charge in [0.05, 0.1) is 13.2 Å². The van der Waals surface area contributed by atoms with Crippen molar-refractivity contribution in [1.82, 2.24) is 0 Å². The second kappa shape index (κ2) is 6.26. The third-order valence-electron chi connectivity index (χ3n) is 3.01. The first-order chi connectivity index (χ1) is 8.49. The Labute approximate surface area is 107 Å². The number of anilines is 1. The van der Waals surface area contributed by atoms with E-state index >= 15 is 0 Å². The van der Waals surface area contributed by atoms with Crippen LogP contribution in [0.2, 0.25) is 0 Å². The van der Waals surface area contributed by atoms with Crippen LogP contribution in [0.4, 0.5) is 5.69 Å². The van der Waals surface area contributed by atoms with Crippen molar-refractivity contribution in [3.05, 3.63) is 18.2 Å². The molecule has 0 aromatic heterocycles. The van der Waals surface area contributed by atoms with E-state index < -0.39 is 6.04 Å². The second-order valence-electron chi connectivity index (χ2n) is 4.29. The summed E-state index contributed by atoms with van der Waals surface area (Å²) in [7, 11) is 1.46. The predicted molar refractivity (Wildman–Crippen MR) is 70.7 cm³/mol. The molecule has 18 heavy (non-hydrogen) atoms. The molecule has 5 nitrogen and oxygen atoms in total. The Morgan fingerprint density at radius 2 is 2.22 bits per heavy atom. The van der Waals surface area contributed by atoms with Crippen LogP contribution in [0, 0.1) is 5.92 Å². The molecule has 0 bridgehead atoms. The highest BCUT2D eigenvalue weighted by atomic mass is 16.5. The number of nitrogens with one attached hydrogen (secondary N) is 1. The highest BCUT2D eigenvalue weighted by molar-refractivity contribution is 5.95. The Bertz CT molecular complexity index is 421. The van der Waals surface area contributed by atoms with Gasteiger partial charge in [0.2, 0.25) is 5.91 Å². The van der Waals surface area contributed by atoms with Crippen LogP contribution < -0.4 is 15.8 Å². The average molecular weight is 252 g/mol. The summed E-state index contributed by atoms with van der Waals surface area (Å²) in [5, 5.41) is 12.3. The summed E-state index contributed by atoms with van der Waals surface area (Å²) >= 11 is 0. The van der Waals surface area contributed by atoms with Crippen LogP contribution in [0.15, 0.2) is 18.2 Å². The summed E-state index contributed by atoms with van der Waals surface area (Å²) in [6, 6.07) is 4.11. The monoisotopic (exact) mass is 252 g/mol. The molecule has 0 aliphatic rings. The first kappa shape index (κ1) is 14.3. The van der Waals surface area contributed by atoms with Gasteiger partial charge in [-0.05, 0) is 18.1 Å². The molecule has 0 saturated carbocycles. The number of nitrogens with two attached hydrogens (primary N) is 1. The zero-order chi connectivity index (χ0) is 13.7. The molecule has 0 fully saturated rings. The molecule has 0 saturated heterocycles. The van der Waals surface area contributed by atoms with Gasteiger partial charge in [-0.2, -0.15) is 0 Å². The highest BCUT2D eigenvalue weighted by Crippen LogP contribution is 2.28. The molecule has 2 atom stereocenters. The van der Waals surface area contributed by atoms with Crippen molar-refractivity contribution in [2.24, 2.45) is 11.7 Å². The second-order valence-corrected chi connectivity index (χ2v) is 4.29. The average Bonchev–Trinajstić information content (AvgIpc) is 2.37. The molecule has 5 heteroatoms. The molecule has 100 valence electrons. The Morgan fingerprint density at radius 3 is 2.72 bits per heavy atom. The van der Waals surface area contributed by atoms with Gasteiger partial charge in [-0.1, -0.05) is 20.3 Å². The lowest BCUT2D eigenvalue weighted by Gasteiger charge is -2.18. The molecular weight excluding hydrogens is 232 g/mol. The lowest BCUT2D eigenvalue weighted by atomic mass is 9.99. The number of benzene rings is 1. The van der Waals surface area contributed by atoms with E-state index in [-0.39, 0.29) is 17.6 Å². The fourth-order valence-corrected chi connectivity index (χ4v) is 1.51. The normalized spacial score (nSPS) is 13.8. The summed E-state index contributed by atoms with van der Waals surface area (Å²) in [5.74, 6) is 0.192. The van der Waals surface area contributed by atoms with E-state index in [1.807, 2.05) is 13.8 Å². The van der Waals surface area contributed by atoms with Crippen LogP contribution in [0.1, 0.15) is 20.3 Å². The van der Waals surface area contributed by atoms with Gasteiger partial charge in [-0.25, -0.2) is 0 Å². The van der Waals surface area contributed by atoms with Gasteiger partial charge in [0.15, 0.2) is 11.5 Å². The van der Waals surface area contributed by atoms with E-state index in [9.17, 15) is 9.90 Å². The molecule has 1 unspecified atom stereocenters. The van der Waals surface area contributed by atoms with Crippen molar-refractivity contribution in [1.29, 1.82) is 0 Å². The molecule has 0 aliphatic heterocycles. The summed E-state index contributed by atoms with van der Waals surface area (Å²) in [6.07, 6.45) is 0.836. The van der Waals surface area contributed by atoms with E-state index in [2.05, 4.69) is 5.32 Å². The highest BCUT2D eigenvalue weighted by Gasteiger charge is 2.19. The van der Waals surface area contributed by atoms with Crippen LogP contribution >= 0.6 is 0 Å². The van der Waals surface area contributed by atoms with E-state index in [0.29, 0.717) is 11.4 Å². The lowest BCUT2D eigenvalue weighted by Crippen LogP contribution is -2.40. The predicted octanol–water partition coefficient (Wildman–Crippen LogP) is 1.71. The molecule has 0 aliphatic carbocycles. The van der Waals surface area contributed by atoms with Crippen molar-refractivity contribution in [2.45, 2.75) is 26.3 Å². The van der Waals surface area contributed by atoms with Crippen molar-refractivity contribution < 1.29 is 14.6 Å². The zero-order valence-electron chi connectivity index (χ0n) is 10.9. The molecule has 0 radical (unpaired) electrons. The van der Waals surface area contributed by atoms with Gasteiger partial charge in [0.1, 0.15) is 0 Å². The smallest absolute Gasteiger partial charge is 0.241 e. The molecule has 0 spiro atoms. The Hall–Kier alpha value is -1.75. The fourth-order valence-electron chi connectivity index (χ4n) is 1.51. The molecule has 1 aromatic carbocycles. The Kier molecular flexibility index (Phi) is 4.97. The molecule has 0 heterocycles. The SMILES string of the molecule is CCC(C)[C@H](N)C(=O)Nc1ccc(OC)c(O)c1. The van der Waals surface area contributed by atoms with Gasteiger partial charge in [-0.15, -0.1) is 0 Å². The summed E-state index contributed by atoms with van der Waals surface area (Å²) in [6.45, 7) is 3.91. The number of aromatic hydroxyl groups is 1. The van der Waals surface area contributed by atoms with E-state index in [4.69, 9.17) is 10.5 Å². The van der Waals surface area contributed by atoms with Gasteiger partial charge >= 0.3 is 0 Å². The maximum absolute atomic E-state index is 11.8. The minimum atomic E-state index is -0.556. The number of amides is 1. The summed E-state index contributed by atoms with van der Waals surface area (Å²) in [5.41, 5.74) is 6.31. The zero-order valence-corrected chi connectivity index (χ0v) is 10.9. The number of phenols is 1.